The van der Waals surface area contributed by atoms with Crippen LogP contribution in [0.2, 0.25) is 0 Å². The molecule has 1 unspecified atom stereocenters. The largest absolute Gasteiger partial charge is 0.504 e. The van der Waals surface area contributed by atoms with Gasteiger partial charge in [0.15, 0.2) is 0 Å². The maximum Gasteiger partial charge on any atom is 0.337 e. The summed E-state index contributed by atoms with van der Waals surface area (Å²) in [5.41, 5.74) is 2.05. The van der Waals surface area contributed by atoms with Crippen molar-refractivity contribution in [2.24, 2.45) is 11.8 Å². The Hall–Kier alpha value is -2.34. The molecule has 3 aliphatic heterocycles. The molecule has 1 aromatic carbocycles. The van der Waals surface area contributed by atoms with Crippen LogP contribution in [-0.4, -0.2) is 50.1 Å². The van der Waals surface area contributed by atoms with Crippen molar-refractivity contribution in [3.8, 4) is 0 Å². The van der Waals surface area contributed by atoms with Crippen molar-refractivity contribution in [2.45, 2.75) is 37.6 Å². The number of anilines is 1. The minimum Gasteiger partial charge on any atom is -0.504 e. The number of carbonyl (C=O) groups is 2. The van der Waals surface area contributed by atoms with Gasteiger partial charge in [-0.1, -0.05) is 31.5 Å². The third-order valence-electron chi connectivity index (χ3n) is 6.97. The van der Waals surface area contributed by atoms with Gasteiger partial charge in [0.25, 0.3) is 0 Å². The number of hydrogen-bond donors (Lipinski definition) is 1. The molecule has 0 saturated carbocycles. The van der Waals surface area contributed by atoms with E-state index in [0.717, 1.165) is 43.6 Å². The van der Waals surface area contributed by atoms with E-state index in [1.807, 2.05) is 18.2 Å². The van der Waals surface area contributed by atoms with Crippen molar-refractivity contribution in [3.63, 3.8) is 0 Å². The van der Waals surface area contributed by atoms with Gasteiger partial charge in [-0.3, -0.25) is 9.69 Å². The highest BCUT2D eigenvalue weighted by Gasteiger charge is 2.60. The molecule has 0 aromatic heterocycles. The van der Waals surface area contributed by atoms with Gasteiger partial charge in [-0.2, -0.15) is 0 Å². The van der Waals surface area contributed by atoms with E-state index in [-0.39, 0.29) is 23.8 Å². The van der Waals surface area contributed by atoms with E-state index < -0.39 is 5.41 Å². The normalized spacial score (nSPS) is 32.0. The zero-order valence-corrected chi connectivity index (χ0v) is 16.7. The number of methoxy groups -OCH3 is 2. The van der Waals surface area contributed by atoms with Crippen LogP contribution in [0.5, 0.6) is 0 Å². The smallest absolute Gasteiger partial charge is 0.337 e. The fraction of sp³-hybridized carbons (Fsp3) is 0.545. The molecule has 1 aromatic rings. The second-order valence-corrected chi connectivity index (χ2v) is 8.04. The molecular weight excluding hydrogens is 356 g/mol. The first-order chi connectivity index (χ1) is 13.6. The van der Waals surface area contributed by atoms with Gasteiger partial charge in [0.2, 0.25) is 5.91 Å². The topological polar surface area (TPSA) is 67.9 Å². The Morgan fingerprint density at radius 3 is 2.86 bits per heavy atom. The fourth-order valence-corrected chi connectivity index (χ4v) is 5.63. The van der Waals surface area contributed by atoms with E-state index in [0.29, 0.717) is 11.5 Å². The summed E-state index contributed by atoms with van der Waals surface area (Å²) in [5.74, 6) is 0.0769. The molecule has 2 saturated heterocycles. The van der Waals surface area contributed by atoms with Gasteiger partial charge >= 0.3 is 5.97 Å². The Morgan fingerprint density at radius 2 is 2.14 bits per heavy atom. The molecule has 3 heterocycles. The van der Waals surface area contributed by atoms with Crippen molar-refractivity contribution in [1.82, 2.24) is 4.90 Å². The number of rotatable bonds is 4. The zero-order chi connectivity index (χ0) is 19.9. The summed E-state index contributed by atoms with van der Waals surface area (Å²) in [6.45, 7) is 3.93. The molecule has 0 bridgehead atoms. The lowest BCUT2D eigenvalue weighted by molar-refractivity contribution is -0.137. The molecule has 1 N–H and O–H groups in total. The van der Waals surface area contributed by atoms with Gasteiger partial charge in [-0.25, -0.2) is 4.79 Å². The number of fused-ring (bicyclic) bond motifs is 4. The summed E-state index contributed by atoms with van der Waals surface area (Å²) >= 11 is 0. The number of hydrogen-bond acceptors (Lipinski definition) is 5. The van der Waals surface area contributed by atoms with Crippen molar-refractivity contribution >= 4 is 17.6 Å². The Kier molecular flexibility index (Phi) is 4.91. The number of piperidine rings is 1. The average Bonchev–Trinajstić information content (AvgIpc) is 3.23. The first kappa shape index (κ1) is 19.0. The van der Waals surface area contributed by atoms with E-state index in [1.165, 1.54) is 13.4 Å². The summed E-state index contributed by atoms with van der Waals surface area (Å²) in [7, 11) is 2.95. The molecular formula is C22H28N2O4. The van der Waals surface area contributed by atoms with Crippen LogP contribution in [0.4, 0.5) is 5.69 Å². The third kappa shape index (κ3) is 2.65. The molecule has 150 valence electrons. The molecule has 1 amide bonds. The molecule has 2 fully saturated rings. The third-order valence-corrected chi connectivity index (χ3v) is 6.97. The Morgan fingerprint density at radius 1 is 1.36 bits per heavy atom. The Labute approximate surface area is 165 Å². The van der Waals surface area contributed by atoms with Gasteiger partial charge in [-0.05, 0) is 42.9 Å². The summed E-state index contributed by atoms with van der Waals surface area (Å²) in [5, 5.41) is 3.10. The summed E-state index contributed by atoms with van der Waals surface area (Å²) < 4.78 is 10.3. The number of nitrogens with one attached hydrogen (secondary N) is 1. The second kappa shape index (κ2) is 7.24. The molecule has 28 heavy (non-hydrogen) atoms. The molecule has 0 radical (unpaired) electrons. The quantitative estimate of drug-likeness (QED) is 0.491. The molecule has 4 rings (SSSR count). The minimum atomic E-state index is -0.540. The Balaban J connectivity index is 1.74. The van der Waals surface area contributed by atoms with Gasteiger partial charge < -0.3 is 14.8 Å². The monoisotopic (exact) mass is 384 g/mol. The number of esters is 1. The standard InChI is InChI=1S/C22H28N2O4/c1-4-14-12-24-10-9-22(17-7-5-6-8-18(17)23-21(22)26)19(24)11-15(14)16(13-27-2)20(25)28-3/h5-8,13-15,19H,4,9-12H2,1-3H3,(H,23,26)/b16-13+/t14?,15-,19-,22-/m0/s1. The number of carbonyl (C=O) groups excluding carboxylic acids is 2. The van der Waals surface area contributed by atoms with Crippen molar-refractivity contribution in [3.05, 3.63) is 41.7 Å². The SMILES string of the molecule is CCC1CN2CC[C@@]3(C(=O)Nc4ccccc43)[C@@H]2C[C@@H]1/C(=C\OC)C(=O)OC. The Bertz CT molecular complexity index is 821. The highest BCUT2D eigenvalue weighted by atomic mass is 16.5. The maximum atomic E-state index is 13.2. The van der Waals surface area contributed by atoms with Gasteiger partial charge in [-0.15, -0.1) is 0 Å². The highest BCUT2D eigenvalue weighted by molar-refractivity contribution is 6.07. The number of ether oxygens (including phenoxy) is 2. The van der Waals surface area contributed by atoms with Crippen LogP contribution in [0.3, 0.4) is 0 Å². The molecule has 3 aliphatic rings. The van der Waals surface area contributed by atoms with Crippen LogP contribution in [-0.2, 0) is 24.5 Å². The molecule has 4 atom stereocenters. The van der Waals surface area contributed by atoms with Crippen LogP contribution in [0.15, 0.2) is 36.1 Å². The predicted octanol–water partition coefficient (Wildman–Crippen LogP) is 2.70. The van der Waals surface area contributed by atoms with Crippen LogP contribution < -0.4 is 5.32 Å². The lowest BCUT2D eigenvalue weighted by Crippen LogP contribution is -2.53. The molecule has 6 nitrogen and oxygen atoms in total. The zero-order valence-electron chi connectivity index (χ0n) is 16.7. The highest BCUT2D eigenvalue weighted by Crippen LogP contribution is 2.53. The average molecular weight is 384 g/mol. The molecule has 1 spiro atoms. The van der Waals surface area contributed by atoms with Crippen molar-refractivity contribution in [2.75, 3.05) is 32.6 Å². The first-order valence-corrected chi connectivity index (χ1v) is 10.0. The van der Waals surface area contributed by atoms with Gasteiger partial charge in [0.1, 0.15) is 0 Å². The first-order valence-electron chi connectivity index (χ1n) is 10.0. The number of amides is 1. The van der Waals surface area contributed by atoms with Crippen LogP contribution in [0.1, 0.15) is 31.7 Å². The molecule has 0 aliphatic carbocycles. The lowest BCUT2D eigenvalue weighted by atomic mass is 9.67. The summed E-state index contributed by atoms with van der Waals surface area (Å²) in [6.07, 6.45) is 4.04. The van der Waals surface area contributed by atoms with E-state index in [2.05, 4.69) is 23.2 Å². The van der Waals surface area contributed by atoms with E-state index >= 15 is 0 Å². The van der Waals surface area contributed by atoms with Crippen molar-refractivity contribution < 1.29 is 19.1 Å². The lowest BCUT2D eigenvalue weighted by Gasteiger charge is -2.45. The van der Waals surface area contributed by atoms with Crippen molar-refractivity contribution in [1.29, 1.82) is 0 Å². The minimum absolute atomic E-state index is 0.00851. The van der Waals surface area contributed by atoms with E-state index in [4.69, 9.17) is 9.47 Å². The molecule has 6 heteroatoms. The van der Waals surface area contributed by atoms with Crippen LogP contribution in [0.25, 0.3) is 0 Å². The fourth-order valence-electron chi connectivity index (χ4n) is 5.63. The van der Waals surface area contributed by atoms with Gasteiger partial charge in [0.05, 0.1) is 31.5 Å². The summed E-state index contributed by atoms with van der Waals surface area (Å²) in [6, 6.07) is 8.07. The van der Waals surface area contributed by atoms with E-state index in [1.54, 1.807) is 7.11 Å². The number of benzene rings is 1. The second-order valence-electron chi connectivity index (χ2n) is 8.04. The van der Waals surface area contributed by atoms with Crippen LogP contribution in [0, 0.1) is 11.8 Å². The summed E-state index contributed by atoms with van der Waals surface area (Å²) in [4.78, 5) is 28.1. The van der Waals surface area contributed by atoms with Crippen LogP contribution >= 0.6 is 0 Å². The predicted molar refractivity (Wildman–Crippen MR) is 106 cm³/mol. The van der Waals surface area contributed by atoms with Gasteiger partial charge in [0, 0.05) is 18.3 Å². The maximum absolute atomic E-state index is 13.2. The van der Waals surface area contributed by atoms with E-state index in [9.17, 15) is 9.59 Å². The number of nitrogens with zero attached hydrogens (tertiary/aromatic N) is 1. The number of para-hydroxylation sites is 1.